The summed E-state index contributed by atoms with van der Waals surface area (Å²) in [5.41, 5.74) is 4.21. The van der Waals surface area contributed by atoms with Crippen LogP contribution in [0.1, 0.15) is 6.92 Å². The molecule has 0 aromatic carbocycles. The monoisotopic (exact) mass is 128 g/mol. The maximum Gasteiger partial charge on any atom is 0.0991 e. The summed E-state index contributed by atoms with van der Waals surface area (Å²) in [4.78, 5) is 0. The van der Waals surface area contributed by atoms with Crippen molar-refractivity contribution in [2.24, 2.45) is 0 Å². The SMILES string of the molecule is CC[N]N1C[CH]OCC1. The molecule has 3 nitrogen and oxygen atoms in total. The second-order valence-corrected chi connectivity index (χ2v) is 1.91. The van der Waals surface area contributed by atoms with E-state index in [-0.39, 0.29) is 0 Å². The minimum absolute atomic E-state index is 0.781. The summed E-state index contributed by atoms with van der Waals surface area (Å²) in [6.07, 6.45) is 0. The molecule has 52 valence electrons. The highest BCUT2D eigenvalue weighted by Crippen LogP contribution is 1.96. The number of rotatable bonds is 2. The molecular weight excluding hydrogens is 116 g/mol. The molecule has 3 heteroatoms. The summed E-state index contributed by atoms with van der Waals surface area (Å²) in [5, 5.41) is 2.02. The summed E-state index contributed by atoms with van der Waals surface area (Å²) in [6.45, 7) is 7.26. The van der Waals surface area contributed by atoms with Crippen LogP contribution in [0.15, 0.2) is 0 Å². The third-order valence-corrected chi connectivity index (χ3v) is 1.21. The van der Waals surface area contributed by atoms with E-state index >= 15 is 0 Å². The number of ether oxygens (including phenoxy) is 1. The van der Waals surface area contributed by atoms with Crippen LogP contribution in [0, 0.1) is 6.61 Å². The quantitative estimate of drug-likeness (QED) is 0.524. The van der Waals surface area contributed by atoms with Gasteiger partial charge in [-0.05, 0) is 6.92 Å². The summed E-state index contributed by atoms with van der Waals surface area (Å²) in [7, 11) is 0. The molecule has 1 rings (SSSR count). The van der Waals surface area contributed by atoms with Gasteiger partial charge in [0.25, 0.3) is 0 Å². The van der Waals surface area contributed by atoms with Gasteiger partial charge in [-0.3, -0.25) is 0 Å². The second-order valence-electron chi connectivity index (χ2n) is 1.91. The molecule has 0 amide bonds. The standard InChI is InChI=1S/C6H12N2O/c1-2-7-8-3-5-9-6-4-8/h5H,2-4,6H2,1H3. The molecule has 2 radical (unpaired) electrons. The van der Waals surface area contributed by atoms with E-state index in [0.717, 1.165) is 26.2 Å². The normalized spacial score (nSPS) is 22.3. The van der Waals surface area contributed by atoms with Crippen molar-refractivity contribution in [2.75, 3.05) is 26.2 Å². The van der Waals surface area contributed by atoms with E-state index in [0.29, 0.717) is 0 Å². The highest BCUT2D eigenvalue weighted by Gasteiger charge is 2.08. The molecule has 0 aromatic rings. The molecule has 0 N–H and O–H groups in total. The van der Waals surface area contributed by atoms with E-state index in [9.17, 15) is 0 Å². The largest absolute Gasteiger partial charge is 0.373 e. The lowest BCUT2D eigenvalue weighted by Gasteiger charge is -2.24. The van der Waals surface area contributed by atoms with Crippen LogP contribution in [0.4, 0.5) is 0 Å². The fourth-order valence-corrected chi connectivity index (χ4v) is 0.800. The minimum Gasteiger partial charge on any atom is -0.373 e. The molecule has 1 heterocycles. The number of hydrogen-bond donors (Lipinski definition) is 0. The van der Waals surface area contributed by atoms with Gasteiger partial charge in [-0.1, -0.05) is 0 Å². The van der Waals surface area contributed by atoms with E-state index in [1.165, 1.54) is 0 Å². The maximum absolute atomic E-state index is 5.02. The number of nitrogens with zero attached hydrogens (tertiary/aromatic N) is 2. The first kappa shape index (κ1) is 6.99. The fourth-order valence-electron chi connectivity index (χ4n) is 0.800. The van der Waals surface area contributed by atoms with Gasteiger partial charge in [0, 0.05) is 19.6 Å². The van der Waals surface area contributed by atoms with Crippen LogP contribution in [0.2, 0.25) is 0 Å². The van der Waals surface area contributed by atoms with E-state index < -0.39 is 0 Å². The first-order valence-corrected chi connectivity index (χ1v) is 3.29. The molecule has 0 aromatic heterocycles. The van der Waals surface area contributed by atoms with E-state index in [1.54, 1.807) is 6.61 Å². The lowest BCUT2D eigenvalue weighted by molar-refractivity contribution is 0.0516. The van der Waals surface area contributed by atoms with Gasteiger partial charge in [-0.2, -0.15) is 5.43 Å². The van der Waals surface area contributed by atoms with Gasteiger partial charge in [0.05, 0.1) is 13.2 Å². The van der Waals surface area contributed by atoms with Crippen LogP contribution in [0.5, 0.6) is 0 Å². The third kappa shape index (κ3) is 2.30. The van der Waals surface area contributed by atoms with Gasteiger partial charge < -0.3 is 4.74 Å². The molecule has 1 aliphatic rings. The van der Waals surface area contributed by atoms with Gasteiger partial charge in [0.1, 0.15) is 0 Å². The Kier molecular flexibility index (Phi) is 2.97. The molecular formula is C6H12N2O. The molecule has 1 aliphatic heterocycles. The lowest BCUT2D eigenvalue weighted by atomic mass is 10.5. The van der Waals surface area contributed by atoms with Crippen LogP contribution in [0.25, 0.3) is 0 Å². The number of hydrogen-bond acceptors (Lipinski definition) is 2. The summed E-state index contributed by atoms with van der Waals surface area (Å²) >= 11 is 0. The van der Waals surface area contributed by atoms with Gasteiger partial charge in [-0.15, -0.1) is 0 Å². The molecule has 9 heavy (non-hydrogen) atoms. The van der Waals surface area contributed by atoms with Crippen LogP contribution in [-0.4, -0.2) is 31.3 Å². The van der Waals surface area contributed by atoms with Crippen molar-refractivity contribution in [3.8, 4) is 0 Å². The van der Waals surface area contributed by atoms with Crippen LogP contribution in [0.3, 0.4) is 0 Å². The third-order valence-electron chi connectivity index (χ3n) is 1.21. The molecule has 0 unspecified atom stereocenters. The van der Waals surface area contributed by atoms with Crippen LogP contribution in [-0.2, 0) is 4.74 Å². The molecule has 0 spiro atoms. The highest BCUT2D eigenvalue weighted by atomic mass is 16.5. The van der Waals surface area contributed by atoms with Gasteiger partial charge in [0.15, 0.2) is 0 Å². The van der Waals surface area contributed by atoms with Crippen molar-refractivity contribution in [1.82, 2.24) is 10.4 Å². The fraction of sp³-hybridized carbons (Fsp3) is 0.833. The zero-order valence-electron chi connectivity index (χ0n) is 5.71. The van der Waals surface area contributed by atoms with E-state index in [1.807, 2.05) is 11.9 Å². The molecule has 0 atom stereocenters. The number of morpholine rings is 1. The van der Waals surface area contributed by atoms with E-state index in [2.05, 4.69) is 5.43 Å². The lowest BCUT2D eigenvalue weighted by Crippen LogP contribution is -2.39. The summed E-state index contributed by atoms with van der Waals surface area (Å²) in [5.74, 6) is 0. The Hall–Kier alpha value is -0.120. The Morgan fingerprint density at radius 1 is 1.78 bits per heavy atom. The van der Waals surface area contributed by atoms with Crippen molar-refractivity contribution in [2.45, 2.75) is 6.92 Å². The smallest absolute Gasteiger partial charge is 0.0991 e. The predicted molar refractivity (Wildman–Crippen MR) is 34.5 cm³/mol. The summed E-state index contributed by atoms with van der Waals surface area (Å²) < 4.78 is 5.02. The molecule has 0 aliphatic carbocycles. The highest BCUT2D eigenvalue weighted by molar-refractivity contribution is 4.64. The zero-order chi connectivity index (χ0) is 6.53. The minimum atomic E-state index is 0.781. The maximum atomic E-state index is 5.02. The average molecular weight is 128 g/mol. The zero-order valence-corrected chi connectivity index (χ0v) is 5.71. The van der Waals surface area contributed by atoms with Crippen LogP contribution < -0.4 is 5.43 Å². The van der Waals surface area contributed by atoms with Crippen molar-refractivity contribution in [3.05, 3.63) is 6.61 Å². The van der Waals surface area contributed by atoms with Crippen molar-refractivity contribution < 1.29 is 4.74 Å². The second kappa shape index (κ2) is 3.82. The molecule has 1 fully saturated rings. The molecule has 0 saturated carbocycles. The summed E-state index contributed by atoms with van der Waals surface area (Å²) in [6, 6.07) is 0. The predicted octanol–water partition coefficient (Wildman–Crippen LogP) is 0.0197. The molecule has 1 saturated heterocycles. The van der Waals surface area contributed by atoms with Crippen molar-refractivity contribution in [3.63, 3.8) is 0 Å². The Morgan fingerprint density at radius 2 is 2.67 bits per heavy atom. The van der Waals surface area contributed by atoms with E-state index in [4.69, 9.17) is 4.74 Å². The van der Waals surface area contributed by atoms with Gasteiger partial charge >= 0.3 is 0 Å². The first-order valence-electron chi connectivity index (χ1n) is 3.29. The Balaban J connectivity index is 2.08. The Morgan fingerprint density at radius 3 is 3.22 bits per heavy atom. The van der Waals surface area contributed by atoms with Crippen molar-refractivity contribution in [1.29, 1.82) is 0 Å². The topological polar surface area (TPSA) is 26.6 Å². The first-order chi connectivity index (χ1) is 4.43. The average Bonchev–Trinajstić information content (AvgIpc) is 1.91. The Bertz CT molecular complexity index is 68.7. The van der Waals surface area contributed by atoms with Gasteiger partial charge in [-0.25, -0.2) is 5.01 Å². The molecule has 0 bridgehead atoms. The van der Waals surface area contributed by atoms with Crippen molar-refractivity contribution >= 4 is 0 Å². The Labute approximate surface area is 56.0 Å². The van der Waals surface area contributed by atoms with Crippen LogP contribution >= 0.6 is 0 Å². The van der Waals surface area contributed by atoms with Gasteiger partial charge in [0.2, 0.25) is 0 Å².